The third-order valence-corrected chi connectivity index (χ3v) is 5.88. The second kappa shape index (κ2) is 6.53. The second-order valence-electron chi connectivity index (χ2n) is 7.81. The first kappa shape index (κ1) is 18.1. The van der Waals surface area contributed by atoms with Crippen LogP contribution in [0.3, 0.4) is 0 Å². The Kier molecular flexibility index (Phi) is 4.72. The summed E-state index contributed by atoms with van der Waals surface area (Å²) in [5.74, 6) is -1.46. The summed E-state index contributed by atoms with van der Waals surface area (Å²) in [6, 6.07) is -0.240. The van der Waals surface area contributed by atoms with Crippen molar-refractivity contribution in [3.8, 4) is 0 Å². The van der Waals surface area contributed by atoms with Gasteiger partial charge in [0.2, 0.25) is 5.91 Å². The molecular weight excluding hydrogens is 322 g/mol. The molecule has 0 aromatic heterocycles. The predicted molar refractivity (Wildman–Crippen MR) is 92.2 cm³/mol. The van der Waals surface area contributed by atoms with Crippen LogP contribution >= 0.6 is 0 Å². The number of aliphatic hydroxyl groups is 1. The third-order valence-electron chi connectivity index (χ3n) is 5.88. The Hall–Kier alpha value is -1.73. The summed E-state index contributed by atoms with van der Waals surface area (Å²) in [5.41, 5.74) is 1.59. The van der Waals surface area contributed by atoms with Crippen molar-refractivity contribution in [2.45, 2.75) is 45.8 Å². The summed E-state index contributed by atoms with van der Waals surface area (Å²) in [5, 5.41) is 27.2. The first-order valence-electron chi connectivity index (χ1n) is 8.96. The number of amides is 1. The van der Waals surface area contributed by atoms with Gasteiger partial charge in [0.1, 0.15) is 5.70 Å². The lowest BCUT2D eigenvalue weighted by Gasteiger charge is -2.46. The van der Waals surface area contributed by atoms with Gasteiger partial charge in [-0.2, -0.15) is 0 Å². The number of fused-ring (bicyclic) bond motifs is 1. The van der Waals surface area contributed by atoms with Gasteiger partial charge < -0.3 is 20.5 Å². The molecule has 2 saturated heterocycles. The molecular formula is C18H27N3O4. The summed E-state index contributed by atoms with van der Waals surface area (Å²) in [7, 11) is 0. The molecule has 0 aromatic carbocycles. The molecule has 0 saturated carbocycles. The number of rotatable bonds is 6. The summed E-state index contributed by atoms with van der Waals surface area (Å²) in [6.07, 6.45) is 1.04. The molecule has 7 heteroatoms. The van der Waals surface area contributed by atoms with E-state index >= 15 is 0 Å². The van der Waals surface area contributed by atoms with E-state index in [1.807, 2.05) is 13.8 Å². The standard InChI is InChI=1S/C18H27N3O4/c1-9(19)6-12-4-5-20(7-12)8-13-10(2)15-14(11(3)22)17(23)21(15)16(13)18(24)25/h10-12,14-15,19,22H,4-8H2,1-3H3,(H,24,25)/t10-,11+,12+,14?,15?/m0/s1. The molecule has 138 valence electrons. The molecule has 2 unspecified atom stereocenters. The van der Waals surface area contributed by atoms with Crippen LogP contribution in [0.15, 0.2) is 11.3 Å². The highest BCUT2D eigenvalue weighted by Crippen LogP contribution is 2.47. The Morgan fingerprint density at radius 1 is 1.44 bits per heavy atom. The molecule has 0 radical (unpaired) electrons. The van der Waals surface area contributed by atoms with Crippen molar-refractivity contribution < 1.29 is 19.8 Å². The van der Waals surface area contributed by atoms with E-state index in [1.54, 1.807) is 6.92 Å². The minimum atomic E-state index is -1.06. The number of likely N-dealkylation sites (tertiary alicyclic amines) is 1. The zero-order valence-corrected chi connectivity index (χ0v) is 15.0. The highest BCUT2D eigenvalue weighted by atomic mass is 16.4. The summed E-state index contributed by atoms with van der Waals surface area (Å²) >= 11 is 0. The number of nitrogens with one attached hydrogen (secondary N) is 1. The van der Waals surface area contributed by atoms with Gasteiger partial charge in [-0.05, 0) is 44.7 Å². The van der Waals surface area contributed by atoms with Crippen LogP contribution in [0.25, 0.3) is 0 Å². The van der Waals surface area contributed by atoms with Crippen molar-refractivity contribution in [3.63, 3.8) is 0 Å². The first-order valence-corrected chi connectivity index (χ1v) is 8.96. The fourth-order valence-electron chi connectivity index (χ4n) is 4.75. The number of β-lactam (4-membered cyclic amide) rings is 1. The number of aliphatic carboxylic acids is 1. The Morgan fingerprint density at radius 2 is 2.12 bits per heavy atom. The minimum Gasteiger partial charge on any atom is -0.477 e. The van der Waals surface area contributed by atoms with E-state index in [9.17, 15) is 19.8 Å². The van der Waals surface area contributed by atoms with Crippen molar-refractivity contribution in [2.75, 3.05) is 19.6 Å². The normalized spacial score (nSPS) is 33.4. The molecule has 3 rings (SSSR count). The van der Waals surface area contributed by atoms with Gasteiger partial charge in [0.15, 0.2) is 0 Å². The number of hydrogen-bond donors (Lipinski definition) is 3. The van der Waals surface area contributed by atoms with Gasteiger partial charge in [-0.25, -0.2) is 4.79 Å². The second-order valence-corrected chi connectivity index (χ2v) is 7.81. The highest BCUT2D eigenvalue weighted by molar-refractivity contribution is 6.00. The first-order chi connectivity index (χ1) is 11.7. The van der Waals surface area contributed by atoms with Crippen molar-refractivity contribution in [2.24, 2.45) is 17.8 Å². The van der Waals surface area contributed by atoms with Crippen LogP contribution in [0.1, 0.15) is 33.6 Å². The average Bonchev–Trinajstić information content (AvgIpc) is 3.01. The average molecular weight is 349 g/mol. The quantitative estimate of drug-likeness (QED) is 0.489. The zero-order chi connectivity index (χ0) is 18.5. The molecule has 3 heterocycles. The van der Waals surface area contributed by atoms with Gasteiger partial charge in [-0.15, -0.1) is 0 Å². The minimum absolute atomic E-state index is 0.0630. The summed E-state index contributed by atoms with van der Waals surface area (Å²) in [6.45, 7) is 7.66. The number of carbonyl (C=O) groups excluding carboxylic acids is 1. The lowest BCUT2D eigenvalue weighted by Crippen LogP contribution is -2.63. The van der Waals surface area contributed by atoms with Gasteiger partial charge in [0.25, 0.3) is 0 Å². The van der Waals surface area contributed by atoms with Crippen LogP contribution < -0.4 is 0 Å². The molecule has 25 heavy (non-hydrogen) atoms. The topological polar surface area (TPSA) is 105 Å². The van der Waals surface area contributed by atoms with E-state index in [0.29, 0.717) is 18.2 Å². The molecule has 1 amide bonds. The highest BCUT2D eigenvalue weighted by Gasteiger charge is 2.59. The fourth-order valence-corrected chi connectivity index (χ4v) is 4.75. The predicted octanol–water partition coefficient (Wildman–Crippen LogP) is 0.934. The molecule has 5 atom stereocenters. The molecule has 0 aliphatic carbocycles. The maximum Gasteiger partial charge on any atom is 0.352 e. The Labute approximate surface area is 147 Å². The third kappa shape index (κ3) is 3.00. The van der Waals surface area contributed by atoms with E-state index in [0.717, 1.165) is 31.5 Å². The molecule has 0 bridgehead atoms. The largest absolute Gasteiger partial charge is 0.477 e. The van der Waals surface area contributed by atoms with Crippen molar-refractivity contribution in [1.82, 2.24) is 9.80 Å². The molecule has 0 spiro atoms. The van der Waals surface area contributed by atoms with Crippen LogP contribution in [-0.2, 0) is 9.59 Å². The van der Waals surface area contributed by atoms with Crippen LogP contribution in [0.2, 0.25) is 0 Å². The molecule has 7 nitrogen and oxygen atoms in total. The molecule has 3 aliphatic rings. The molecule has 2 fully saturated rings. The number of carboxylic acids is 1. The molecule has 0 aromatic rings. The lowest BCUT2D eigenvalue weighted by molar-refractivity contribution is -0.163. The zero-order valence-electron chi connectivity index (χ0n) is 15.0. The molecule has 3 N–H and O–H groups in total. The van der Waals surface area contributed by atoms with Crippen LogP contribution in [0.5, 0.6) is 0 Å². The van der Waals surface area contributed by atoms with Crippen LogP contribution in [0, 0.1) is 23.2 Å². The van der Waals surface area contributed by atoms with Crippen molar-refractivity contribution in [3.05, 3.63) is 11.3 Å². The smallest absolute Gasteiger partial charge is 0.352 e. The molecule has 3 aliphatic heterocycles. The van der Waals surface area contributed by atoms with E-state index in [2.05, 4.69) is 4.90 Å². The number of aliphatic hydroxyl groups excluding tert-OH is 1. The number of hydrogen-bond acceptors (Lipinski definition) is 5. The Morgan fingerprint density at radius 3 is 2.68 bits per heavy atom. The monoisotopic (exact) mass is 349 g/mol. The van der Waals surface area contributed by atoms with Crippen molar-refractivity contribution >= 4 is 17.6 Å². The fraction of sp³-hybridized carbons (Fsp3) is 0.722. The Balaban J connectivity index is 1.77. The number of carbonyl (C=O) groups is 2. The lowest BCUT2D eigenvalue weighted by atomic mass is 9.77. The van der Waals surface area contributed by atoms with E-state index in [1.165, 1.54) is 4.90 Å². The van der Waals surface area contributed by atoms with E-state index in [-0.39, 0.29) is 23.6 Å². The maximum absolute atomic E-state index is 12.3. The van der Waals surface area contributed by atoms with Gasteiger partial charge in [-0.3, -0.25) is 9.69 Å². The maximum atomic E-state index is 12.3. The van der Waals surface area contributed by atoms with Gasteiger partial charge in [0, 0.05) is 24.7 Å². The van der Waals surface area contributed by atoms with Crippen molar-refractivity contribution in [1.29, 1.82) is 5.41 Å². The summed E-state index contributed by atoms with van der Waals surface area (Å²) < 4.78 is 0. The Bertz CT molecular complexity index is 642. The van der Waals surface area contributed by atoms with Gasteiger partial charge in [0.05, 0.1) is 18.1 Å². The number of nitrogens with zero attached hydrogens (tertiary/aromatic N) is 2. The van der Waals surface area contributed by atoms with Gasteiger partial charge >= 0.3 is 5.97 Å². The van der Waals surface area contributed by atoms with Gasteiger partial charge in [-0.1, -0.05) is 6.92 Å². The summed E-state index contributed by atoms with van der Waals surface area (Å²) in [4.78, 5) is 27.7. The van der Waals surface area contributed by atoms with E-state index < -0.39 is 18.0 Å². The van der Waals surface area contributed by atoms with Crippen LogP contribution in [-0.4, -0.2) is 69.4 Å². The SMILES string of the molecule is CC(=N)C[C@H]1CCN(CC2=C(C(=O)O)N3C(=O)C([C@@H](C)O)C3[C@H]2C)C1. The number of carboxylic acid groups (broad SMARTS) is 1. The van der Waals surface area contributed by atoms with E-state index in [4.69, 9.17) is 5.41 Å². The van der Waals surface area contributed by atoms with Crippen LogP contribution in [0.4, 0.5) is 0 Å².